The fraction of sp³-hybridized carbons (Fsp3) is 0.444. The van der Waals surface area contributed by atoms with Crippen LogP contribution in [0.25, 0.3) is 0 Å². The van der Waals surface area contributed by atoms with Gasteiger partial charge in [-0.15, -0.1) is 0 Å². The Labute approximate surface area is 80.4 Å². The summed E-state index contributed by atoms with van der Waals surface area (Å²) in [6.07, 6.45) is -4.39. The number of hydrogen-bond acceptors (Lipinski definition) is 2. The van der Waals surface area contributed by atoms with Crippen LogP contribution >= 0.6 is 0 Å². The molecule has 1 aromatic heterocycles. The highest BCUT2D eigenvalue weighted by Gasteiger charge is 2.32. The van der Waals surface area contributed by atoms with E-state index in [0.29, 0.717) is 12.2 Å². The summed E-state index contributed by atoms with van der Waals surface area (Å²) in [7, 11) is 3.53. The third-order valence-corrected chi connectivity index (χ3v) is 1.50. The highest BCUT2D eigenvalue weighted by Crippen LogP contribution is 2.27. The summed E-state index contributed by atoms with van der Waals surface area (Å²) in [5.41, 5.74) is -0.526. The Morgan fingerprint density at radius 3 is 2.50 bits per heavy atom. The second-order valence-corrected chi connectivity index (χ2v) is 3.18. The zero-order valence-electron chi connectivity index (χ0n) is 7.89. The van der Waals surface area contributed by atoms with E-state index in [1.54, 1.807) is 19.0 Å². The van der Waals surface area contributed by atoms with Crippen LogP contribution < -0.4 is 0 Å². The van der Waals surface area contributed by atoms with Gasteiger partial charge in [-0.1, -0.05) is 0 Å². The van der Waals surface area contributed by atoms with Crippen molar-refractivity contribution in [2.24, 2.45) is 0 Å². The van der Waals surface area contributed by atoms with Gasteiger partial charge in [0.05, 0.1) is 5.69 Å². The Bertz CT molecular complexity index is 307. The van der Waals surface area contributed by atoms with E-state index in [0.717, 1.165) is 6.07 Å². The van der Waals surface area contributed by atoms with Crippen molar-refractivity contribution in [2.45, 2.75) is 12.7 Å². The molecule has 0 aliphatic carbocycles. The number of rotatable bonds is 2. The molecule has 77 valence electrons. The molecule has 0 atom stereocenters. The topological polar surface area (TPSA) is 16.1 Å². The number of nitrogens with zero attached hydrogens (tertiary/aromatic N) is 2. The molecule has 0 bridgehead atoms. The van der Waals surface area contributed by atoms with Gasteiger partial charge in [0.2, 0.25) is 0 Å². The van der Waals surface area contributed by atoms with E-state index >= 15 is 0 Å². The Hall–Kier alpha value is -1.10. The molecule has 0 amide bonds. The number of hydrogen-bond donors (Lipinski definition) is 0. The summed E-state index contributed by atoms with van der Waals surface area (Å²) >= 11 is 0. The van der Waals surface area contributed by atoms with Crippen LogP contribution in [-0.2, 0) is 12.7 Å². The summed E-state index contributed by atoms with van der Waals surface area (Å²) in [6.45, 7) is 0.375. The molecule has 0 spiro atoms. The van der Waals surface area contributed by atoms with Gasteiger partial charge in [0.25, 0.3) is 0 Å². The molecular weight excluding hydrogens is 193 g/mol. The molecule has 14 heavy (non-hydrogen) atoms. The molecule has 1 radical (unpaired) electrons. The molecule has 0 aliphatic rings. The monoisotopic (exact) mass is 203 g/mol. The molecular formula is C9H10F3N2. The van der Waals surface area contributed by atoms with Crippen LogP contribution in [0.3, 0.4) is 0 Å². The van der Waals surface area contributed by atoms with Crippen molar-refractivity contribution in [3.8, 4) is 0 Å². The smallest absolute Gasteiger partial charge is 0.304 e. The molecule has 1 heterocycles. The molecule has 0 unspecified atom stereocenters. The molecule has 0 saturated carbocycles. The maximum Gasteiger partial charge on any atom is 0.433 e. The molecule has 0 N–H and O–H groups in total. The Balaban J connectivity index is 2.90. The van der Waals surface area contributed by atoms with Crippen molar-refractivity contribution >= 4 is 0 Å². The van der Waals surface area contributed by atoms with E-state index in [2.05, 4.69) is 11.1 Å². The first kappa shape index (κ1) is 11.0. The highest BCUT2D eigenvalue weighted by molar-refractivity contribution is 5.12. The number of halogens is 3. The van der Waals surface area contributed by atoms with Crippen LogP contribution in [0.5, 0.6) is 0 Å². The van der Waals surface area contributed by atoms with Crippen molar-refractivity contribution in [3.63, 3.8) is 0 Å². The van der Waals surface area contributed by atoms with Crippen molar-refractivity contribution in [1.82, 2.24) is 9.88 Å². The third-order valence-electron chi connectivity index (χ3n) is 1.50. The molecule has 1 rings (SSSR count). The SMILES string of the molecule is CN(C)Cc1c[c]cc(C(F)(F)F)n1. The quantitative estimate of drug-likeness (QED) is 0.730. The third kappa shape index (κ3) is 2.99. The van der Waals surface area contributed by atoms with Crippen LogP contribution in [0.4, 0.5) is 13.2 Å². The van der Waals surface area contributed by atoms with Gasteiger partial charge in [0.15, 0.2) is 0 Å². The van der Waals surface area contributed by atoms with Gasteiger partial charge in [-0.3, -0.25) is 0 Å². The lowest BCUT2D eigenvalue weighted by molar-refractivity contribution is -0.141. The summed E-state index contributed by atoms with van der Waals surface area (Å²) in [5.74, 6) is 0. The van der Waals surface area contributed by atoms with E-state index in [9.17, 15) is 13.2 Å². The molecule has 0 aromatic carbocycles. The van der Waals surface area contributed by atoms with E-state index < -0.39 is 11.9 Å². The lowest BCUT2D eigenvalue weighted by Gasteiger charge is -2.10. The van der Waals surface area contributed by atoms with Gasteiger partial charge in [0, 0.05) is 6.54 Å². The molecule has 0 aliphatic heterocycles. The van der Waals surface area contributed by atoms with Crippen molar-refractivity contribution in [1.29, 1.82) is 0 Å². The van der Waals surface area contributed by atoms with Crippen LogP contribution in [0.2, 0.25) is 0 Å². The zero-order chi connectivity index (χ0) is 10.8. The van der Waals surface area contributed by atoms with Crippen LogP contribution in [0, 0.1) is 6.07 Å². The average molecular weight is 203 g/mol. The number of alkyl halides is 3. The first-order valence-electron chi connectivity index (χ1n) is 3.98. The zero-order valence-corrected chi connectivity index (χ0v) is 7.89. The average Bonchev–Trinajstić information content (AvgIpc) is 2.01. The second kappa shape index (κ2) is 3.96. The minimum absolute atomic E-state index is 0.366. The molecule has 5 heteroatoms. The predicted octanol–water partition coefficient (Wildman–Crippen LogP) is 1.96. The van der Waals surface area contributed by atoms with Gasteiger partial charge in [0.1, 0.15) is 5.69 Å². The Morgan fingerprint density at radius 1 is 1.36 bits per heavy atom. The van der Waals surface area contributed by atoms with E-state index in [1.165, 1.54) is 6.07 Å². The molecule has 2 nitrogen and oxygen atoms in total. The Kier molecular flexibility index (Phi) is 3.10. The van der Waals surface area contributed by atoms with Crippen molar-refractivity contribution in [3.05, 3.63) is 29.6 Å². The minimum Gasteiger partial charge on any atom is -0.304 e. The number of aromatic nitrogens is 1. The van der Waals surface area contributed by atoms with Gasteiger partial charge in [-0.25, -0.2) is 4.98 Å². The van der Waals surface area contributed by atoms with E-state index in [-0.39, 0.29) is 0 Å². The Morgan fingerprint density at radius 2 is 2.00 bits per heavy atom. The maximum atomic E-state index is 12.2. The lowest BCUT2D eigenvalue weighted by Crippen LogP contribution is -2.15. The maximum absolute atomic E-state index is 12.2. The summed E-state index contributed by atoms with van der Waals surface area (Å²) in [4.78, 5) is 5.23. The van der Waals surface area contributed by atoms with Crippen molar-refractivity contribution in [2.75, 3.05) is 14.1 Å². The van der Waals surface area contributed by atoms with Crippen LogP contribution in [0.15, 0.2) is 12.1 Å². The molecule has 0 fully saturated rings. The summed E-state index contributed by atoms with van der Waals surface area (Å²) in [5, 5.41) is 0. The van der Waals surface area contributed by atoms with E-state index in [1.807, 2.05) is 0 Å². The molecule has 0 saturated heterocycles. The summed E-state index contributed by atoms with van der Waals surface area (Å²) in [6, 6.07) is 4.73. The van der Waals surface area contributed by atoms with Crippen LogP contribution in [0.1, 0.15) is 11.4 Å². The largest absolute Gasteiger partial charge is 0.433 e. The lowest BCUT2D eigenvalue weighted by atomic mass is 10.3. The predicted molar refractivity (Wildman–Crippen MR) is 45.5 cm³/mol. The fourth-order valence-corrected chi connectivity index (χ4v) is 0.986. The van der Waals surface area contributed by atoms with Gasteiger partial charge >= 0.3 is 6.18 Å². The van der Waals surface area contributed by atoms with Gasteiger partial charge < -0.3 is 4.90 Å². The standard InChI is InChI=1S/C9H10F3N2/c1-14(2)6-7-4-3-5-8(13-7)9(10,11)12/h4-5H,6H2,1-2H3. The second-order valence-electron chi connectivity index (χ2n) is 3.18. The first-order chi connectivity index (χ1) is 6.39. The van der Waals surface area contributed by atoms with Gasteiger partial charge in [-0.2, -0.15) is 13.2 Å². The van der Waals surface area contributed by atoms with Gasteiger partial charge in [-0.05, 0) is 32.3 Å². The first-order valence-corrected chi connectivity index (χ1v) is 3.98. The fourth-order valence-electron chi connectivity index (χ4n) is 0.986. The van der Waals surface area contributed by atoms with E-state index in [4.69, 9.17) is 0 Å². The molecule has 1 aromatic rings. The normalized spacial score (nSPS) is 12.1. The highest BCUT2D eigenvalue weighted by atomic mass is 19.4. The minimum atomic E-state index is -4.39. The van der Waals surface area contributed by atoms with Crippen molar-refractivity contribution < 1.29 is 13.2 Å². The number of pyridine rings is 1. The summed E-state index contributed by atoms with van der Waals surface area (Å²) < 4.78 is 36.6. The van der Waals surface area contributed by atoms with Crippen LogP contribution in [-0.4, -0.2) is 24.0 Å².